The van der Waals surface area contributed by atoms with Gasteiger partial charge in [-0.3, -0.25) is 4.90 Å². The average Bonchev–Trinajstić information content (AvgIpc) is 2.74. The molecule has 1 unspecified atom stereocenters. The molecule has 90 valence electrons. The number of nitrogens with zero attached hydrogens (tertiary/aromatic N) is 1. The minimum atomic E-state index is 0.197. The van der Waals surface area contributed by atoms with Gasteiger partial charge in [-0.25, -0.2) is 0 Å². The largest absolute Gasteiger partial charge is 0.381 e. The molecule has 2 N–H and O–H groups in total. The van der Waals surface area contributed by atoms with Crippen molar-refractivity contribution in [3.63, 3.8) is 0 Å². The van der Waals surface area contributed by atoms with E-state index in [4.69, 9.17) is 10.5 Å². The van der Waals surface area contributed by atoms with Crippen molar-refractivity contribution in [1.29, 1.82) is 0 Å². The van der Waals surface area contributed by atoms with E-state index in [2.05, 4.69) is 25.8 Å². The van der Waals surface area contributed by atoms with E-state index >= 15 is 0 Å². The van der Waals surface area contributed by atoms with Crippen molar-refractivity contribution in [2.24, 2.45) is 11.7 Å². The van der Waals surface area contributed by atoms with Crippen molar-refractivity contribution in [1.82, 2.24) is 4.90 Å². The van der Waals surface area contributed by atoms with Crippen LogP contribution in [0.2, 0.25) is 0 Å². The molecule has 0 aromatic heterocycles. The first-order valence-electron chi connectivity index (χ1n) is 6.17. The molecule has 0 aromatic rings. The van der Waals surface area contributed by atoms with Gasteiger partial charge in [-0.2, -0.15) is 0 Å². The molecule has 1 heterocycles. The Hall–Kier alpha value is -0.120. The van der Waals surface area contributed by atoms with E-state index < -0.39 is 0 Å². The highest BCUT2D eigenvalue weighted by Crippen LogP contribution is 2.24. The molecule has 1 fully saturated rings. The van der Waals surface area contributed by atoms with Gasteiger partial charge in [0.05, 0.1) is 6.61 Å². The van der Waals surface area contributed by atoms with Gasteiger partial charge in [-0.05, 0) is 32.2 Å². The molecule has 1 atom stereocenters. The molecule has 0 aromatic carbocycles. The molecule has 0 bridgehead atoms. The van der Waals surface area contributed by atoms with Crippen LogP contribution in [0.15, 0.2) is 0 Å². The first kappa shape index (κ1) is 12.9. The van der Waals surface area contributed by atoms with Crippen LogP contribution in [0.5, 0.6) is 0 Å². The van der Waals surface area contributed by atoms with Crippen molar-refractivity contribution < 1.29 is 4.74 Å². The first-order chi connectivity index (χ1) is 7.18. The number of nitrogens with two attached hydrogens (primary N) is 1. The maximum atomic E-state index is 5.93. The van der Waals surface area contributed by atoms with Crippen LogP contribution in [0.25, 0.3) is 0 Å². The Morgan fingerprint density at radius 3 is 2.47 bits per heavy atom. The lowest BCUT2D eigenvalue weighted by Crippen LogP contribution is -2.52. The second-order valence-electron chi connectivity index (χ2n) is 4.75. The molecule has 0 saturated carbocycles. The van der Waals surface area contributed by atoms with Crippen LogP contribution in [0, 0.1) is 5.92 Å². The summed E-state index contributed by atoms with van der Waals surface area (Å²) in [6.07, 6.45) is 3.46. The molecule has 0 amide bonds. The van der Waals surface area contributed by atoms with Gasteiger partial charge in [0.25, 0.3) is 0 Å². The Labute approximate surface area is 94.0 Å². The van der Waals surface area contributed by atoms with E-state index in [9.17, 15) is 0 Å². The van der Waals surface area contributed by atoms with Crippen molar-refractivity contribution in [3.8, 4) is 0 Å². The van der Waals surface area contributed by atoms with Gasteiger partial charge in [-0.1, -0.05) is 13.8 Å². The SMILES string of the molecule is CCC(CC)(CN)N(C)CC1CCOC1. The standard InChI is InChI=1S/C12H26N2O/c1-4-12(5-2,10-13)14(3)8-11-6-7-15-9-11/h11H,4-10,13H2,1-3H3. The molecule has 0 radical (unpaired) electrons. The quantitative estimate of drug-likeness (QED) is 0.728. The van der Waals surface area contributed by atoms with E-state index in [-0.39, 0.29) is 5.54 Å². The van der Waals surface area contributed by atoms with E-state index in [1.165, 1.54) is 6.42 Å². The molecule has 0 aliphatic carbocycles. The lowest BCUT2D eigenvalue weighted by molar-refractivity contribution is 0.0903. The number of likely N-dealkylation sites (N-methyl/N-ethyl adjacent to an activating group) is 1. The highest BCUT2D eigenvalue weighted by Gasteiger charge is 2.31. The van der Waals surface area contributed by atoms with E-state index in [1.54, 1.807) is 0 Å². The third-order valence-corrected chi connectivity index (χ3v) is 4.06. The lowest BCUT2D eigenvalue weighted by Gasteiger charge is -2.41. The maximum absolute atomic E-state index is 5.93. The molecular formula is C12H26N2O. The summed E-state index contributed by atoms with van der Waals surface area (Å²) in [5.74, 6) is 0.707. The Balaban J connectivity index is 2.51. The third-order valence-electron chi connectivity index (χ3n) is 4.06. The second-order valence-corrected chi connectivity index (χ2v) is 4.75. The van der Waals surface area contributed by atoms with E-state index in [0.717, 1.165) is 39.1 Å². The maximum Gasteiger partial charge on any atom is 0.0507 e. The topological polar surface area (TPSA) is 38.5 Å². The van der Waals surface area contributed by atoms with Gasteiger partial charge in [0.1, 0.15) is 0 Å². The normalized spacial score (nSPS) is 22.6. The molecule has 0 spiro atoms. The third kappa shape index (κ3) is 2.92. The fourth-order valence-electron chi connectivity index (χ4n) is 2.54. The Morgan fingerprint density at radius 1 is 1.40 bits per heavy atom. The molecule has 3 nitrogen and oxygen atoms in total. The molecule has 3 heteroatoms. The van der Waals surface area contributed by atoms with Crippen LogP contribution in [-0.2, 0) is 4.74 Å². The zero-order chi connectivity index (χ0) is 11.3. The van der Waals surface area contributed by atoms with Gasteiger partial charge in [0.15, 0.2) is 0 Å². The molecule has 1 aliphatic heterocycles. The summed E-state index contributed by atoms with van der Waals surface area (Å²) in [5, 5.41) is 0. The van der Waals surface area contributed by atoms with Crippen molar-refractivity contribution >= 4 is 0 Å². The van der Waals surface area contributed by atoms with Crippen LogP contribution < -0.4 is 5.73 Å². The smallest absolute Gasteiger partial charge is 0.0507 e. The summed E-state index contributed by atoms with van der Waals surface area (Å²) in [4.78, 5) is 2.45. The zero-order valence-corrected chi connectivity index (χ0v) is 10.5. The van der Waals surface area contributed by atoms with Gasteiger partial charge in [0.2, 0.25) is 0 Å². The van der Waals surface area contributed by atoms with Crippen LogP contribution in [0.4, 0.5) is 0 Å². The van der Waals surface area contributed by atoms with Gasteiger partial charge < -0.3 is 10.5 Å². The number of hydrogen-bond donors (Lipinski definition) is 1. The summed E-state index contributed by atoms with van der Waals surface area (Å²) >= 11 is 0. The van der Waals surface area contributed by atoms with Gasteiger partial charge >= 0.3 is 0 Å². The summed E-state index contributed by atoms with van der Waals surface area (Å²) in [5.41, 5.74) is 6.13. The Bertz CT molecular complexity index is 166. The van der Waals surface area contributed by atoms with Crippen LogP contribution in [0.3, 0.4) is 0 Å². The number of rotatable bonds is 6. The second kappa shape index (κ2) is 5.83. The minimum Gasteiger partial charge on any atom is -0.381 e. The number of ether oxygens (including phenoxy) is 1. The van der Waals surface area contributed by atoms with Crippen molar-refractivity contribution in [2.75, 3.05) is 33.4 Å². The molecule has 15 heavy (non-hydrogen) atoms. The monoisotopic (exact) mass is 214 g/mol. The predicted octanol–water partition coefficient (Wildman–Crippen LogP) is 1.47. The number of hydrogen-bond acceptors (Lipinski definition) is 3. The molecule has 1 rings (SSSR count). The van der Waals surface area contributed by atoms with Crippen molar-refractivity contribution in [2.45, 2.75) is 38.6 Å². The van der Waals surface area contributed by atoms with Crippen LogP contribution in [-0.4, -0.2) is 43.8 Å². The summed E-state index contributed by atoms with van der Waals surface area (Å²) < 4.78 is 5.41. The van der Waals surface area contributed by atoms with Crippen molar-refractivity contribution in [3.05, 3.63) is 0 Å². The minimum absolute atomic E-state index is 0.197. The fraction of sp³-hybridized carbons (Fsp3) is 1.00. The summed E-state index contributed by atoms with van der Waals surface area (Å²) in [6, 6.07) is 0. The first-order valence-corrected chi connectivity index (χ1v) is 6.17. The highest BCUT2D eigenvalue weighted by atomic mass is 16.5. The van der Waals surface area contributed by atoms with E-state index in [0.29, 0.717) is 5.92 Å². The molecule has 1 saturated heterocycles. The van der Waals surface area contributed by atoms with E-state index in [1.807, 2.05) is 0 Å². The van der Waals surface area contributed by atoms with Gasteiger partial charge in [0, 0.05) is 25.2 Å². The Kier molecular flexibility index (Phi) is 5.03. The average molecular weight is 214 g/mol. The Morgan fingerprint density at radius 2 is 2.07 bits per heavy atom. The van der Waals surface area contributed by atoms with Crippen LogP contribution in [0.1, 0.15) is 33.1 Å². The summed E-state index contributed by atoms with van der Waals surface area (Å²) in [7, 11) is 2.21. The summed E-state index contributed by atoms with van der Waals surface area (Å²) in [6.45, 7) is 8.21. The van der Waals surface area contributed by atoms with Crippen LogP contribution >= 0.6 is 0 Å². The highest BCUT2D eigenvalue weighted by molar-refractivity contribution is 4.89. The molecular weight excluding hydrogens is 188 g/mol. The molecule has 1 aliphatic rings. The predicted molar refractivity (Wildman–Crippen MR) is 63.9 cm³/mol. The van der Waals surface area contributed by atoms with Gasteiger partial charge in [-0.15, -0.1) is 0 Å². The fourth-order valence-corrected chi connectivity index (χ4v) is 2.54. The zero-order valence-electron chi connectivity index (χ0n) is 10.5. The lowest BCUT2D eigenvalue weighted by atomic mass is 9.90.